The smallest absolute Gasteiger partial charge is 0.253 e. The SMILES string of the molecule is C[C@@H](CCc1ccccc1)NC(=O)c1cc(F)c(F)cc1Cl. The molecule has 2 rings (SSSR count). The molecule has 116 valence electrons. The van der Waals surface area contributed by atoms with Crippen molar-refractivity contribution in [2.24, 2.45) is 0 Å². The number of hydrogen-bond acceptors (Lipinski definition) is 1. The van der Waals surface area contributed by atoms with Gasteiger partial charge in [0.1, 0.15) is 0 Å². The molecular weight excluding hydrogens is 308 g/mol. The number of hydrogen-bond donors (Lipinski definition) is 1. The fourth-order valence-electron chi connectivity index (χ4n) is 2.10. The van der Waals surface area contributed by atoms with Gasteiger partial charge >= 0.3 is 0 Å². The molecule has 0 saturated heterocycles. The summed E-state index contributed by atoms with van der Waals surface area (Å²) in [6.07, 6.45) is 1.55. The van der Waals surface area contributed by atoms with Gasteiger partial charge in [-0.05, 0) is 37.5 Å². The van der Waals surface area contributed by atoms with Crippen molar-refractivity contribution in [2.45, 2.75) is 25.8 Å². The lowest BCUT2D eigenvalue weighted by Crippen LogP contribution is -2.33. The largest absolute Gasteiger partial charge is 0.350 e. The molecule has 0 spiro atoms. The Bertz CT molecular complexity index is 661. The Morgan fingerprint density at radius 3 is 2.50 bits per heavy atom. The summed E-state index contributed by atoms with van der Waals surface area (Å²) in [5.41, 5.74) is 1.11. The van der Waals surface area contributed by atoms with Crippen LogP contribution in [-0.4, -0.2) is 11.9 Å². The molecule has 22 heavy (non-hydrogen) atoms. The number of aryl methyl sites for hydroxylation is 1. The number of halogens is 3. The maximum atomic E-state index is 13.2. The average molecular weight is 324 g/mol. The van der Waals surface area contributed by atoms with Crippen LogP contribution in [0.4, 0.5) is 8.78 Å². The molecule has 0 aliphatic rings. The number of carbonyl (C=O) groups excluding carboxylic acids is 1. The normalized spacial score (nSPS) is 12.0. The molecule has 0 aliphatic carbocycles. The zero-order chi connectivity index (χ0) is 16.1. The highest BCUT2D eigenvalue weighted by Crippen LogP contribution is 2.20. The van der Waals surface area contributed by atoms with Crippen molar-refractivity contribution < 1.29 is 13.6 Å². The number of amides is 1. The number of carbonyl (C=O) groups is 1. The Hall–Kier alpha value is -1.94. The van der Waals surface area contributed by atoms with Crippen LogP contribution in [-0.2, 0) is 6.42 Å². The first-order valence-corrected chi connectivity index (χ1v) is 7.34. The van der Waals surface area contributed by atoms with Crippen LogP contribution in [0.1, 0.15) is 29.3 Å². The van der Waals surface area contributed by atoms with Crippen molar-refractivity contribution in [1.29, 1.82) is 0 Å². The Morgan fingerprint density at radius 1 is 1.18 bits per heavy atom. The van der Waals surface area contributed by atoms with Crippen molar-refractivity contribution in [3.63, 3.8) is 0 Å². The third-order valence-corrected chi connectivity index (χ3v) is 3.65. The van der Waals surface area contributed by atoms with E-state index >= 15 is 0 Å². The Balaban J connectivity index is 1.95. The first-order chi connectivity index (χ1) is 10.5. The van der Waals surface area contributed by atoms with E-state index in [-0.39, 0.29) is 16.6 Å². The molecule has 0 radical (unpaired) electrons. The van der Waals surface area contributed by atoms with E-state index in [1.165, 1.54) is 5.56 Å². The lowest BCUT2D eigenvalue weighted by Gasteiger charge is -2.14. The molecule has 1 N–H and O–H groups in total. The molecule has 2 aromatic carbocycles. The highest BCUT2D eigenvalue weighted by Gasteiger charge is 2.16. The van der Waals surface area contributed by atoms with E-state index < -0.39 is 17.5 Å². The quantitative estimate of drug-likeness (QED) is 0.813. The van der Waals surface area contributed by atoms with E-state index in [0.717, 1.165) is 25.0 Å². The molecule has 2 nitrogen and oxygen atoms in total. The zero-order valence-electron chi connectivity index (χ0n) is 12.1. The molecule has 1 amide bonds. The summed E-state index contributed by atoms with van der Waals surface area (Å²) in [5.74, 6) is -2.67. The summed E-state index contributed by atoms with van der Waals surface area (Å²) in [6, 6.07) is 11.4. The third-order valence-electron chi connectivity index (χ3n) is 3.34. The lowest BCUT2D eigenvalue weighted by molar-refractivity contribution is 0.0938. The predicted octanol–water partition coefficient (Wildman–Crippen LogP) is 4.37. The number of nitrogens with one attached hydrogen (secondary N) is 1. The molecule has 0 unspecified atom stereocenters. The van der Waals surface area contributed by atoms with E-state index in [1.807, 2.05) is 37.3 Å². The summed E-state index contributed by atoms with van der Waals surface area (Å²) < 4.78 is 26.2. The van der Waals surface area contributed by atoms with Gasteiger partial charge in [0, 0.05) is 6.04 Å². The Morgan fingerprint density at radius 2 is 1.82 bits per heavy atom. The zero-order valence-corrected chi connectivity index (χ0v) is 12.8. The lowest BCUT2D eigenvalue weighted by atomic mass is 10.1. The van der Waals surface area contributed by atoms with Crippen LogP contribution in [0.3, 0.4) is 0 Å². The van der Waals surface area contributed by atoms with Gasteiger partial charge in [0.25, 0.3) is 5.91 Å². The van der Waals surface area contributed by atoms with Gasteiger partial charge in [-0.25, -0.2) is 8.78 Å². The monoisotopic (exact) mass is 323 g/mol. The molecule has 0 aromatic heterocycles. The van der Waals surface area contributed by atoms with Gasteiger partial charge in [-0.1, -0.05) is 41.9 Å². The van der Waals surface area contributed by atoms with Crippen molar-refractivity contribution in [1.82, 2.24) is 5.32 Å². The van der Waals surface area contributed by atoms with Crippen LogP contribution in [0.2, 0.25) is 5.02 Å². The fraction of sp³-hybridized carbons (Fsp3) is 0.235. The molecule has 0 saturated carbocycles. The van der Waals surface area contributed by atoms with Gasteiger partial charge < -0.3 is 5.32 Å². The van der Waals surface area contributed by atoms with Crippen molar-refractivity contribution >= 4 is 17.5 Å². The Kier molecular flexibility index (Phi) is 5.50. The van der Waals surface area contributed by atoms with Gasteiger partial charge in [0.05, 0.1) is 10.6 Å². The van der Waals surface area contributed by atoms with Crippen LogP contribution in [0, 0.1) is 11.6 Å². The van der Waals surface area contributed by atoms with Gasteiger partial charge in [0.15, 0.2) is 11.6 Å². The van der Waals surface area contributed by atoms with Gasteiger partial charge in [-0.15, -0.1) is 0 Å². The van der Waals surface area contributed by atoms with Crippen LogP contribution in [0.15, 0.2) is 42.5 Å². The van der Waals surface area contributed by atoms with Gasteiger partial charge in [0.2, 0.25) is 0 Å². The molecule has 2 aromatic rings. The maximum absolute atomic E-state index is 13.2. The van der Waals surface area contributed by atoms with Crippen molar-refractivity contribution in [2.75, 3.05) is 0 Å². The van der Waals surface area contributed by atoms with Gasteiger partial charge in [-0.2, -0.15) is 0 Å². The first kappa shape index (κ1) is 16.4. The van der Waals surface area contributed by atoms with E-state index in [4.69, 9.17) is 11.6 Å². The molecule has 0 fully saturated rings. The van der Waals surface area contributed by atoms with Crippen LogP contribution in [0.25, 0.3) is 0 Å². The first-order valence-electron chi connectivity index (χ1n) is 6.96. The molecule has 1 atom stereocenters. The van der Waals surface area contributed by atoms with Crippen molar-refractivity contribution in [3.8, 4) is 0 Å². The van der Waals surface area contributed by atoms with Crippen molar-refractivity contribution in [3.05, 3.63) is 70.2 Å². The molecule has 0 heterocycles. The highest BCUT2D eigenvalue weighted by molar-refractivity contribution is 6.33. The summed E-state index contributed by atoms with van der Waals surface area (Å²) in [5, 5.41) is 2.64. The second-order valence-corrected chi connectivity index (χ2v) is 5.55. The summed E-state index contributed by atoms with van der Waals surface area (Å²) in [4.78, 5) is 12.1. The maximum Gasteiger partial charge on any atom is 0.253 e. The van der Waals surface area contributed by atoms with Crippen LogP contribution < -0.4 is 5.32 Å². The molecule has 5 heteroatoms. The predicted molar refractivity (Wildman–Crippen MR) is 83.1 cm³/mol. The molecule has 0 aliphatic heterocycles. The van der Waals surface area contributed by atoms with Crippen LogP contribution >= 0.6 is 11.6 Å². The highest BCUT2D eigenvalue weighted by atomic mass is 35.5. The minimum absolute atomic E-state index is 0.0628. The average Bonchev–Trinajstić information content (AvgIpc) is 2.50. The minimum Gasteiger partial charge on any atom is -0.350 e. The van der Waals surface area contributed by atoms with E-state index in [0.29, 0.717) is 0 Å². The van der Waals surface area contributed by atoms with Gasteiger partial charge in [-0.3, -0.25) is 4.79 Å². The van der Waals surface area contributed by atoms with Crippen LogP contribution in [0.5, 0.6) is 0 Å². The second kappa shape index (κ2) is 7.36. The van der Waals surface area contributed by atoms with E-state index in [2.05, 4.69) is 5.32 Å². The van der Waals surface area contributed by atoms with E-state index in [9.17, 15) is 13.6 Å². The fourth-order valence-corrected chi connectivity index (χ4v) is 2.33. The number of rotatable bonds is 5. The Labute approximate surface area is 133 Å². The summed E-state index contributed by atoms with van der Waals surface area (Å²) in [6.45, 7) is 1.86. The van der Waals surface area contributed by atoms with E-state index in [1.54, 1.807) is 0 Å². The number of benzene rings is 2. The summed E-state index contributed by atoms with van der Waals surface area (Å²) >= 11 is 5.79. The second-order valence-electron chi connectivity index (χ2n) is 5.14. The topological polar surface area (TPSA) is 29.1 Å². The summed E-state index contributed by atoms with van der Waals surface area (Å²) in [7, 11) is 0. The molecular formula is C17H16ClF2NO. The third kappa shape index (κ3) is 4.28. The minimum atomic E-state index is -1.09. The standard InChI is InChI=1S/C17H16ClF2NO/c1-11(7-8-12-5-3-2-4-6-12)21-17(22)13-9-15(19)16(20)10-14(13)18/h2-6,9-11H,7-8H2,1H3,(H,21,22)/t11-/m0/s1. The molecule has 0 bridgehead atoms.